The van der Waals surface area contributed by atoms with Crippen molar-refractivity contribution in [1.29, 1.82) is 0 Å². The summed E-state index contributed by atoms with van der Waals surface area (Å²) >= 11 is 0. The number of likely N-dealkylation sites (tertiary alicyclic amines) is 1. The molecule has 0 spiro atoms. The number of aryl methyl sites for hydroxylation is 1. The van der Waals surface area contributed by atoms with Gasteiger partial charge in [0.1, 0.15) is 0 Å². The maximum absolute atomic E-state index is 11.8. The summed E-state index contributed by atoms with van der Waals surface area (Å²) in [4.78, 5) is 13.6. The molecule has 1 aliphatic rings. The second kappa shape index (κ2) is 6.40. The number of urea groups is 1. The van der Waals surface area contributed by atoms with Crippen molar-refractivity contribution in [2.45, 2.75) is 25.3 Å². The fourth-order valence-electron chi connectivity index (χ4n) is 2.22. The summed E-state index contributed by atoms with van der Waals surface area (Å²) < 4.78 is 0. The van der Waals surface area contributed by atoms with Gasteiger partial charge in [-0.2, -0.15) is 0 Å². The van der Waals surface area contributed by atoms with Crippen molar-refractivity contribution in [3.05, 3.63) is 35.9 Å². The van der Waals surface area contributed by atoms with E-state index >= 15 is 0 Å². The van der Waals surface area contributed by atoms with E-state index in [-0.39, 0.29) is 12.1 Å². The fraction of sp³-hybridized carbons (Fsp3) is 0.500. The number of nitrogens with two attached hydrogens (primary N) is 1. The van der Waals surface area contributed by atoms with Crippen molar-refractivity contribution < 1.29 is 4.79 Å². The first-order chi connectivity index (χ1) is 8.75. The highest BCUT2D eigenvalue weighted by Crippen LogP contribution is 2.06. The molecule has 1 heterocycles. The Bertz CT molecular complexity index is 380. The van der Waals surface area contributed by atoms with Crippen LogP contribution in [-0.2, 0) is 6.42 Å². The van der Waals surface area contributed by atoms with Crippen LogP contribution in [0, 0.1) is 0 Å². The first-order valence-electron chi connectivity index (χ1n) is 6.58. The van der Waals surface area contributed by atoms with E-state index in [1.54, 1.807) is 4.90 Å². The summed E-state index contributed by atoms with van der Waals surface area (Å²) in [6.45, 7) is 2.19. The summed E-state index contributed by atoms with van der Waals surface area (Å²) in [7, 11) is 0. The molecule has 4 nitrogen and oxygen atoms in total. The minimum atomic E-state index is 0.0241. The Hall–Kier alpha value is -1.55. The van der Waals surface area contributed by atoms with Crippen LogP contribution in [0.2, 0.25) is 0 Å². The zero-order chi connectivity index (χ0) is 12.8. The van der Waals surface area contributed by atoms with E-state index in [2.05, 4.69) is 17.4 Å². The number of rotatable bonds is 4. The molecule has 3 N–H and O–H groups in total. The first kappa shape index (κ1) is 12.9. The number of carbonyl (C=O) groups is 1. The summed E-state index contributed by atoms with van der Waals surface area (Å²) in [5, 5.41) is 2.95. The van der Waals surface area contributed by atoms with Crippen LogP contribution in [0.5, 0.6) is 0 Å². The van der Waals surface area contributed by atoms with Gasteiger partial charge in [0.15, 0.2) is 0 Å². The highest BCUT2D eigenvalue weighted by Gasteiger charge is 2.22. The van der Waals surface area contributed by atoms with E-state index in [1.807, 2.05) is 18.2 Å². The molecule has 18 heavy (non-hydrogen) atoms. The van der Waals surface area contributed by atoms with Gasteiger partial charge in [-0.3, -0.25) is 0 Å². The smallest absolute Gasteiger partial charge is 0.317 e. The third-order valence-electron chi connectivity index (χ3n) is 3.27. The monoisotopic (exact) mass is 247 g/mol. The molecular weight excluding hydrogens is 226 g/mol. The Morgan fingerprint density at radius 3 is 2.83 bits per heavy atom. The van der Waals surface area contributed by atoms with Crippen molar-refractivity contribution in [3.8, 4) is 0 Å². The SMILES string of the molecule is N[C@H]1CCN(C(=O)NCCCc2ccccc2)C1. The molecule has 1 aromatic carbocycles. The summed E-state index contributed by atoms with van der Waals surface area (Å²) in [5.74, 6) is 0. The van der Waals surface area contributed by atoms with Gasteiger partial charge < -0.3 is 16.0 Å². The van der Waals surface area contributed by atoms with Crippen molar-refractivity contribution >= 4 is 6.03 Å². The van der Waals surface area contributed by atoms with Crippen LogP contribution in [0.3, 0.4) is 0 Å². The number of nitrogens with zero attached hydrogens (tertiary/aromatic N) is 1. The number of benzene rings is 1. The highest BCUT2D eigenvalue weighted by atomic mass is 16.2. The molecule has 1 atom stereocenters. The van der Waals surface area contributed by atoms with Gasteiger partial charge in [-0.05, 0) is 24.8 Å². The lowest BCUT2D eigenvalue weighted by atomic mass is 10.1. The normalized spacial score (nSPS) is 18.9. The molecule has 2 rings (SSSR count). The van der Waals surface area contributed by atoms with Crippen molar-refractivity contribution in [2.75, 3.05) is 19.6 Å². The highest BCUT2D eigenvalue weighted by molar-refractivity contribution is 5.74. The van der Waals surface area contributed by atoms with Crippen LogP contribution in [0.25, 0.3) is 0 Å². The predicted molar refractivity (Wildman–Crippen MR) is 72.3 cm³/mol. The van der Waals surface area contributed by atoms with Gasteiger partial charge in [-0.1, -0.05) is 30.3 Å². The van der Waals surface area contributed by atoms with E-state index in [0.717, 1.165) is 32.4 Å². The number of hydrogen-bond acceptors (Lipinski definition) is 2. The van der Waals surface area contributed by atoms with E-state index in [9.17, 15) is 4.79 Å². The van der Waals surface area contributed by atoms with Gasteiger partial charge >= 0.3 is 6.03 Å². The van der Waals surface area contributed by atoms with Gasteiger partial charge in [0, 0.05) is 25.7 Å². The minimum Gasteiger partial charge on any atom is -0.338 e. The Kier molecular flexibility index (Phi) is 4.59. The molecule has 1 fully saturated rings. The number of hydrogen-bond donors (Lipinski definition) is 2. The number of carbonyl (C=O) groups excluding carboxylic acids is 1. The minimum absolute atomic E-state index is 0.0241. The maximum atomic E-state index is 11.8. The predicted octanol–water partition coefficient (Wildman–Crippen LogP) is 1.36. The number of nitrogens with one attached hydrogen (secondary N) is 1. The Morgan fingerprint density at radius 1 is 1.39 bits per heavy atom. The molecular formula is C14H21N3O. The molecule has 2 amide bonds. The first-order valence-corrected chi connectivity index (χ1v) is 6.58. The van der Waals surface area contributed by atoms with Gasteiger partial charge in [-0.25, -0.2) is 4.79 Å². The lowest BCUT2D eigenvalue weighted by Gasteiger charge is -2.16. The number of amides is 2. The molecule has 1 saturated heterocycles. The van der Waals surface area contributed by atoms with Gasteiger partial charge in [0.05, 0.1) is 0 Å². The Balaban J connectivity index is 1.62. The van der Waals surface area contributed by atoms with E-state index in [4.69, 9.17) is 5.73 Å². The van der Waals surface area contributed by atoms with E-state index < -0.39 is 0 Å². The standard InChI is InChI=1S/C14H21N3O/c15-13-8-10-17(11-13)14(18)16-9-4-7-12-5-2-1-3-6-12/h1-3,5-6,13H,4,7-11,15H2,(H,16,18)/t13-/m0/s1. The van der Waals surface area contributed by atoms with Crippen LogP contribution in [-0.4, -0.2) is 36.6 Å². The van der Waals surface area contributed by atoms with Crippen LogP contribution in [0.1, 0.15) is 18.4 Å². The Labute approximate surface area is 108 Å². The zero-order valence-corrected chi connectivity index (χ0v) is 10.6. The average molecular weight is 247 g/mol. The largest absolute Gasteiger partial charge is 0.338 e. The van der Waals surface area contributed by atoms with Crippen LogP contribution < -0.4 is 11.1 Å². The quantitative estimate of drug-likeness (QED) is 0.789. The lowest BCUT2D eigenvalue weighted by Crippen LogP contribution is -2.40. The second-order valence-electron chi connectivity index (χ2n) is 4.82. The molecule has 0 aromatic heterocycles. The summed E-state index contributed by atoms with van der Waals surface area (Å²) in [6, 6.07) is 10.5. The topological polar surface area (TPSA) is 58.4 Å². The van der Waals surface area contributed by atoms with E-state index in [0.29, 0.717) is 6.54 Å². The molecule has 0 radical (unpaired) electrons. The van der Waals surface area contributed by atoms with Gasteiger partial charge in [0.2, 0.25) is 0 Å². The molecule has 98 valence electrons. The fourth-order valence-corrected chi connectivity index (χ4v) is 2.22. The molecule has 1 aromatic rings. The van der Waals surface area contributed by atoms with Crippen LogP contribution in [0.15, 0.2) is 30.3 Å². The van der Waals surface area contributed by atoms with E-state index in [1.165, 1.54) is 5.56 Å². The van der Waals surface area contributed by atoms with Crippen molar-refractivity contribution in [1.82, 2.24) is 10.2 Å². The third-order valence-corrected chi connectivity index (χ3v) is 3.27. The van der Waals surface area contributed by atoms with Crippen LogP contribution in [0.4, 0.5) is 4.79 Å². The zero-order valence-electron chi connectivity index (χ0n) is 10.6. The Morgan fingerprint density at radius 2 is 2.17 bits per heavy atom. The van der Waals surface area contributed by atoms with Gasteiger partial charge in [0.25, 0.3) is 0 Å². The molecule has 0 bridgehead atoms. The molecule has 1 aliphatic heterocycles. The van der Waals surface area contributed by atoms with Crippen molar-refractivity contribution in [2.24, 2.45) is 5.73 Å². The molecule has 0 aliphatic carbocycles. The lowest BCUT2D eigenvalue weighted by molar-refractivity contribution is 0.208. The summed E-state index contributed by atoms with van der Waals surface area (Å²) in [6.07, 6.45) is 2.88. The molecule has 0 unspecified atom stereocenters. The second-order valence-corrected chi connectivity index (χ2v) is 4.82. The molecule has 0 saturated carbocycles. The average Bonchev–Trinajstić information content (AvgIpc) is 2.82. The third kappa shape index (κ3) is 3.74. The van der Waals surface area contributed by atoms with Crippen LogP contribution >= 0.6 is 0 Å². The maximum Gasteiger partial charge on any atom is 0.317 e. The summed E-state index contributed by atoms with van der Waals surface area (Å²) in [5.41, 5.74) is 7.09. The van der Waals surface area contributed by atoms with Crippen molar-refractivity contribution in [3.63, 3.8) is 0 Å². The van der Waals surface area contributed by atoms with Gasteiger partial charge in [-0.15, -0.1) is 0 Å². The molecule has 4 heteroatoms.